The minimum atomic E-state index is -0.225. The highest BCUT2D eigenvalue weighted by atomic mass is 35.5. The van der Waals surface area contributed by atoms with Gasteiger partial charge in [0.15, 0.2) is 0 Å². The number of hydrogen-bond acceptors (Lipinski definition) is 3. The molecule has 2 aromatic carbocycles. The van der Waals surface area contributed by atoms with Crippen LogP contribution in [0.5, 0.6) is 0 Å². The van der Waals surface area contributed by atoms with Crippen LogP contribution < -0.4 is 5.32 Å². The molecule has 0 aliphatic carbocycles. The van der Waals surface area contributed by atoms with Gasteiger partial charge in [-0.25, -0.2) is 0 Å². The fourth-order valence-electron chi connectivity index (χ4n) is 2.72. The Morgan fingerprint density at radius 3 is 2.36 bits per heavy atom. The molecule has 0 spiro atoms. The summed E-state index contributed by atoms with van der Waals surface area (Å²) in [5, 5.41) is 3.85. The van der Waals surface area contributed by atoms with Crippen LogP contribution in [-0.4, -0.2) is 48.8 Å². The monoisotopic (exact) mass is 421 g/mol. The Hall–Kier alpha value is -2.08. The lowest BCUT2D eigenvalue weighted by Gasteiger charge is -2.22. The first-order valence-corrected chi connectivity index (χ1v) is 9.65. The molecular formula is C21H25Cl2N3O2. The Balaban J connectivity index is 1.86. The van der Waals surface area contributed by atoms with Crippen LogP contribution in [0.15, 0.2) is 36.4 Å². The van der Waals surface area contributed by atoms with Crippen molar-refractivity contribution in [3.05, 3.63) is 63.1 Å². The molecule has 28 heavy (non-hydrogen) atoms. The molecule has 0 aliphatic heterocycles. The summed E-state index contributed by atoms with van der Waals surface area (Å²) >= 11 is 12.0. The van der Waals surface area contributed by atoms with Crippen LogP contribution in [0.1, 0.15) is 16.7 Å². The van der Waals surface area contributed by atoms with Gasteiger partial charge in [0.2, 0.25) is 11.8 Å². The maximum atomic E-state index is 12.4. The minimum Gasteiger partial charge on any atom is -0.335 e. The first-order valence-electron chi connectivity index (χ1n) is 8.89. The smallest absolute Gasteiger partial charge is 0.243 e. The Bertz CT molecular complexity index is 871. The number of nitrogens with one attached hydrogen (secondary N) is 1. The van der Waals surface area contributed by atoms with Gasteiger partial charge in [-0.3, -0.25) is 14.5 Å². The molecule has 0 saturated carbocycles. The van der Waals surface area contributed by atoms with Crippen LogP contribution >= 0.6 is 23.2 Å². The van der Waals surface area contributed by atoms with Gasteiger partial charge in [-0.15, -0.1) is 0 Å². The second-order valence-corrected chi connectivity index (χ2v) is 7.85. The van der Waals surface area contributed by atoms with E-state index in [4.69, 9.17) is 23.2 Å². The van der Waals surface area contributed by atoms with E-state index in [1.165, 1.54) is 4.90 Å². The molecular weight excluding hydrogens is 397 g/mol. The molecule has 2 aromatic rings. The average molecular weight is 422 g/mol. The molecule has 0 heterocycles. The maximum absolute atomic E-state index is 12.4. The van der Waals surface area contributed by atoms with Gasteiger partial charge >= 0.3 is 0 Å². The molecule has 5 nitrogen and oxygen atoms in total. The second-order valence-electron chi connectivity index (χ2n) is 7.04. The van der Waals surface area contributed by atoms with E-state index < -0.39 is 0 Å². The third-order valence-electron chi connectivity index (χ3n) is 4.32. The normalized spacial score (nSPS) is 10.8. The quantitative estimate of drug-likeness (QED) is 0.730. The first kappa shape index (κ1) is 22.2. The maximum Gasteiger partial charge on any atom is 0.243 e. The summed E-state index contributed by atoms with van der Waals surface area (Å²) in [7, 11) is 3.46. The number of hydrogen-bond donors (Lipinski definition) is 1. The molecule has 0 aromatic heterocycles. The summed E-state index contributed by atoms with van der Waals surface area (Å²) in [6.45, 7) is 4.63. The number of benzene rings is 2. The number of likely N-dealkylation sites (N-methyl/N-ethyl adjacent to an activating group) is 2. The van der Waals surface area contributed by atoms with Gasteiger partial charge in [-0.2, -0.15) is 0 Å². The van der Waals surface area contributed by atoms with Crippen molar-refractivity contribution in [2.75, 3.05) is 32.5 Å². The van der Waals surface area contributed by atoms with Gasteiger partial charge in [-0.1, -0.05) is 41.4 Å². The van der Waals surface area contributed by atoms with E-state index in [2.05, 4.69) is 5.32 Å². The third-order valence-corrected chi connectivity index (χ3v) is 5.05. The average Bonchev–Trinajstić information content (AvgIpc) is 2.61. The standard InChI is InChI=1S/C21H25Cl2N3O2/c1-14-5-6-15(2)19(9-14)24-20(27)12-26(4)21(28)13-25(3)11-16-7-8-17(22)18(23)10-16/h5-10H,11-13H2,1-4H3,(H,24,27). The summed E-state index contributed by atoms with van der Waals surface area (Å²) in [5.41, 5.74) is 3.77. The Morgan fingerprint density at radius 2 is 1.68 bits per heavy atom. The number of halogens is 2. The molecule has 2 rings (SSSR count). The third kappa shape index (κ3) is 6.51. The van der Waals surface area contributed by atoms with Gasteiger partial charge in [0.25, 0.3) is 0 Å². The van der Waals surface area contributed by atoms with Crippen molar-refractivity contribution in [3.8, 4) is 0 Å². The number of anilines is 1. The van der Waals surface area contributed by atoms with Crippen molar-refractivity contribution >= 4 is 40.7 Å². The minimum absolute atomic E-state index is 0.00711. The molecule has 0 unspecified atom stereocenters. The van der Waals surface area contributed by atoms with E-state index in [1.54, 1.807) is 19.2 Å². The van der Waals surface area contributed by atoms with Crippen LogP contribution in [0.2, 0.25) is 10.0 Å². The van der Waals surface area contributed by atoms with Crippen LogP contribution in [0.25, 0.3) is 0 Å². The lowest BCUT2D eigenvalue weighted by atomic mass is 10.1. The Labute approximate surface area is 176 Å². The Morgan fingerprint density at radius 1 is 0.964 bits per heavy atom. The summed E-state index contributed by atoms with van der Waals surface area (Å²) in [5.74, 6) is -0.365. The molecule has 0 saturated heterocycles. The largest absolute Gasteiger partial charge is 0.335 e. The molecule has 2 amide bonds. The summed E-state index contributed by atoms with van der Waals surface area (Å²) in [6, 6.07) is 11.3. The highest BCUT2D eigenvalue weighted by Gasteiger charge is 2.16. The lowest BCUT2D eigenvalue weighted by Crippen LogP contribution is -2.40. The van der Waals surface area contributed by atoms with Gasteiger partial charge < -0.3 is 10.2 Å². The number of amides is 2. The first-order chi connectivity index (χ1) is 13.2. The SMILES string of the molecule is Cc1ccc(C)c(NC(=O)CN(C)C(=O)CN(C)Cc2ccc(Cl)c(Cl)c2)c1. The molecule has 0 atom stereocenters. The van der Waals surface area contributed by atoms with Gasteiger partial charge in [0.1, 0.15) is 0 Å². The number of aryl methyl sites for hydroxylation is 2. The lowest BCUT2D eigenvalue weighted by molar-refractivity contribution is -0.134. The van der Waals surface area contributed by atoms with Gasteiger partial charge in [0.05, 0.1) is 23.1 Å². The highest BCUT2D eigenvalue weighted by molar-refractivity contribution is 6.42. The van der Waals surface area contributed by atoms with E-state index >= 15 is 0 Å². The second kappa shape index (κ2) is 9.92. The van der Waals surface area contributed by atoms with Crippen LogP contribution in [0.4, 0.5) is 5.69 Å². The fraction of sp³-hybridized carbons (Fsp3) is 0.333. The van der Waals surface area contributed by atoms with E-state index in [-0.39, 0.29) is 24.9 Å². The van der Waals surface area contributed by atoms with Crippen molar-refractivity contribution in [3.63, 3.8) is 0 Å². The zero-order valence-electron chi connectivity index (χ0n) is 16.6. The predicted molar refractivity (Wildman–Crippen MR) is 115 cm³/mol. The zero-order chi connectivity index (χ0) is 20.8. The van der Waals surface area contributed by atoms with Crippen molar-refractivity contribution in [2.45, 2.75) is 20.4 Å². The summed E-state index contributed by atoms with van der Waals surface area (Å²) < 4.78 is 0. The molecule has 0 fully saturated rings. The van der Waals surface area contributed by atoms with Gasteiger partial charge in [0, 0.05) is 19.3 Å². The molecule has 0 radical (unpaired) electrons. The van der Waals surface area contributed by atoms with Gasteiger partial charge in [-0.05, 0) is 55.8 Å². The number of carbonyl (C=O) groups is 2. The van der Waals surface area contributed by atoms with Crippen LogP contribution in [-0.2, 0) is 16.1 Å². The molecule has 0 aliphatic rings. The van der Waals surface area contributed by atoms with E-state index in [0.717, 1.165) is 22.4 Å². The van der Waals surface area contributed by atoms with Crippen LogP contribution in [0.3, 0.4) is 0 Å². The fourth-order valence-corrected chi connectivity index (χ4v) is 3.04. The zero-order valence-corrected chi connectivity index (χ0v) is 18.1. The van der Waals surface area contributed by atoms with Crippen molar-refractivity contribution < 1.29 is 9.59 Å². The number of carbonyl (C=O) groups excluding carboxylic acids is 2. The molecule has 0 bridgehead atoms. The molecule has 7 heteroatoms. The van der Waals surface area contributed by atoms with Crippen molar-refractivity contribution in [2.24, 2.45) is 0 Å². The molecule has 1 N–H and O–H groups in total. The van der Waals surface area contributed by atoms with E-state index in [9.17, 15) is 9.59 Å². The number of nitrogens with zero attached hydrogens (tertiary/aromatic N) is 2. The Kier molecular flexibility index (Phi) is 7.87. The van der Waals surface area contributed by atoms with Crippen molar-refractivity contribution in [1.82, 2.24) is 9.80 Å². The van der Waals surface area contributed by atoms with E-state index in [0.29, 0.717) is 16.6 Å². The van der Waals surface area contributed by atoms with Crippen LogP contribution in [0, 0.1) is 13.8 Å². The molecule has 150 valence electrons. The summed E-state index contributed by atoms with van der Waals surface area (Å²) in [6.07, 6.45) is 0. The van der Waals surface area contributed by atoms with Crippen molar-refractivity contribution in [1.29, 1.82) is 0 Å². The predicted octanol–water partition coefficient (Wildman–Crippen LogP) is 4.14. The summed E-state index contributed by atoms with van der Waals surface area (Å²) in [4.78, 5) is 28.0. The van der Waals surface area contributed by atoms with E-state index in [1.807, 2.05) is 50.1 Å². The highest BCUT2D eigenvalue weighted by Crippen LogP contribution is 2.23. The number of rotatable bonds is 7. The topological polar surface area (TPSA) is 52.7 Å².